The molecule has 0 N–H and O–H groups in total. The second kappa shape index (κ2) is 11.0. The van der Waals surface area contributed by atoms with Gasteiger partial charge in [0, 0.05) is 49.8 Å². The van der Waals surface area contributed by atoms with Gasteiger partial charge in [-0.3, -0.25) is 0 Å². The topological polar surface area (TPSA) is 59.9 Å². The first-order valence-corrected chi connectivity index (χ1v) is 16.4. The van der Waals surface area contributed by atoms with E-state index >= 15 is 9.13 Å². The Hall–Kier alpha value is -4.36. The summed E-state index contributed by atoms with van der Waals surface area (Å²) in [4.78, 5) is 9.11. The molecule has 0 fully saturated rings. The summed E-state index contributed by atoms with van der Waals surface area (Å²) in [6, 6.07) is 45.4. The largest absolute Gasteiger partial charge is 0.309 e. The maximum atomic E-state index is 15.4. The summed E-state index contributed by atoms with van der Waals surface area (Å²) in [6.45, 7) is 0. The van der Waals surface area contributed by atoms with E-state index < -0.39 is 14.3 Å². The molecule has 0 spiro atoms. The number of aromatic nitrogens is 2. The van der Waals surface area contributed by atoms with Crippen LogP contribution in [-0.4, -0.2) is 9.97 Å². The second-order valence-corrected chi connectivity index (χ2v) is 14.8. The van der Waals surface area contributed by atoms with Crippen molar-refractivity contribution in [2.45, 2.75) is 0 Å². The van der Waals surface area contributed by atoms with E-state index in [9.17, 15) is 0 Å². The Morgan fingerprint density at radius 3 is 1.23 bits per heavy atom. The van der Waals surface area contributed by atoms with Crippen LogP contribution in [0.2, 0.25) is 0 Å². The van der Waals surface area contributed by atoms with Gasteiger partial charge in [-0.25, -0.2) is 9.97 Å². The molecule has 0 aliphatic carbocycles. The van der Waals surface area contributed by atoms with Gasteiger partial charge in [-0.15, -0.1) is 0 Å². The van der Waals surface area contributed by atoms with E-state index in [1.54, 1.807) is 18.5 Å². The van der Waals surface area contributed by atoms with Crippen LogP contribution < -0.4 is 31.8 Å². The lowest BCUT2D eigenvalue weighted by atomic mass is 10.2. The average Bonchev–Trinajstić information content (AvgIpc) is 3.06. The fourth-order valence-corrected chi connectivity index (χ4v) is 10.5. The van der Waals surface area contributed by atoms with Crippen LogP contribution >= 0.6 is 14.3 Å². The average molecular weight is 557 g/mol. The van der Waals surface area contributed by atoms with Gasteiger partial charge >= 0.3 is 0 Å². The van der Waals surface area contributed by atoms with Crippen LogP contribution in [0, 0.1) is 0 Å². The molecule has 1 aromatic heterocycles. The molecule has 40 heavy (non-hydrogen) atoms. The first-order valence-electron chi connectivity index (χ1n) is 13.0. The van der Waals surface area contributed by atoms with Crippen LogP contribution in [0.15, 0.2) is 158 Å². The molecule has 0 aliphatic heterocycles. The Morgan fingerprint density at radius 2 is 0.800 bits per heavy atom. The van der Waals surface area contributed by atoms with E-state index in [1.807, 2.05) is 140 Å². The zero-order valence-electron chi connectivity index (χ0n) is 21.6. The Labute approximate surface area is 234 Å². The summed E-state index contributed by atoms with van der Waals surface area (Å²) in [5, 5.41) is 4.10. The summed E-state index contributed by atoms with van der Waals surface area (Å²) < 4.78 is 30.6. The lowest BCUT2D eigenvalue weighted by Gasteiger charge is -2.25. The maximum Gasteiger partial charge on any atom is 0.171 e. The lowest BCUT2D eigenvalue weighted by molar-refractivity contribution is 0.591. The fourth-order valence-electron chi connectivity index (χ4n) is 5.04. The lowest BCUT2D eigenvalue weighted by Crippen LogP contribution is -2.30. The highest BCUT2D eigenvalue weighted by Gasteiger charge is 2.36. The van der Waals surface area contributed by atoms with Gasteiger partial charge in [0.25, 0.3) is 0 Å². The Balaban J connectivity index is 1.67. The molecule has 0 unspecified atom stereocenters. The van der Waals surface area contributed by atoms with Crippen LogP contribution in [0.3, 0.4) is 0 Å². The minimum atomic E-state index is -3.37. The van der Waals surface area contributed by atoms with Crippen molar-refractivity contribution in [1.82, 2.24) is 9.97 Å². The van der Waals surface area contributed by atoms with Crippen molar-refractivity contribution in [3.63, 3.8) is 0 Å². The van der Waals surface area contributed by atoms with Gasteiger partial charge in [0.2, 0.25) is 0 Å². The summed E-state index contributed by atoms with van der Waals surface area (Å²) in [6.07, 6.45) is 3.34. The van der Waals surface area contributed by atoms with Crippen molar-refractivity contribution < 1.29 is 9.13 Å². The molecule has 6 heteroatoms. The Kier molecular flexibility index (Phi) is 7.13. The van der Waals surface area contributed by atoms with Gasteiger partial charge in [-0.05, 0) is 18.2 Å². The molecule has 5 aromatic carbocycles. The molecule has 0 atom stereocenters. The summed E-state index contributed by atoms with van der Waals surface area (Å²) in [5.74, 6) is 0.430. The van der Waals surface area contributed by atoms with Crippen LogP contribution in [-0.2, 0) is 9.13 Å². The van der Waals surface area contributed by atoms with Gasteiger partial charge < -0.3 is 9.13 Å². The monoisotopic (exact) mass is 556 g/mol. The van der Waals surface area contributed by atoms with E-state index in [2.05, 4.69) is 9.97 Å². The molecule has 0 saturated heterocycles. The molecule has 4 nitrogen and oxygen atoms in total. The highest BCUT2D eigenvalue weighted by Crippen LogP contribution is 2.47. The van der Waals surface area contributed by atoms with Crippen molar-refractivity contribution >= 4 is 46.1 Å². The fraction of sp³-hybridized carbons (Fsp3) is 0. The highest BCUT2D eigenvalue weighted by molar-refractivity contribution is 7.86. The van der Waals surface area contributed by atoms with Crippen LogP contribution in [0.25, 0.3) is 11.4 Å². The number of hydrogen-bond donors (Lipinski definition) is 0. The molecule has 0 aliphatic rings. The van der Waals surface area contributed by atoms with Crippen molar-refractivity contribution in [3.8, 4) is 11.4 Å². The Morgan fingerprint density at radius 1 is 0.400 bits per heavy atom. The van der Waals surface area contributed by atoms with Crippen molar-refractivity contribution in [1.29, 1.82) is 0 Å². The molecule has 0 amide bonds. The minimum Gasteiger partial charge on any atom is -0.309 e. The highest BCUT2D eigenvalue weighted by atomic mass is 31.2. The van der Waals surface area contributed by atoms with Gasteiger partial charge in [0.15, 0.2) is 20.1 Å². The quantitative estimate of drug-likeness (QED) is 0.247. The van der Waals surface area contributed by atoms with Crippen LogP contribution in [0.1, 0.15) is 0 Å². The van der Waals surface area contributed by atoms with E-state index in [0.717, 1.165) is 10.6 Å². The number of nitrogens with zero attached hydrogens (tertiary/aromatic N) is 2. The molecule has 0 bridgehead atoms. The summed E-state index contributed by atoms with van der Waals surface area (Å²) in [7, 11) is -6.65. The summed E-state index contributed by atoms with van der Waals surface area (Å²) in [5.41, 5.74) is 0.598. The third-order valence-electron chi connectivity index (χ3n) is 6.97. The Bertz CT molecular complexity index is 1740. The first-order chi connectivity index (χ1) is 19.6. The van der Waals surface area contributed by atoms with Gasteiger partial charge in [0.05, 0.1) is 0 Å². The van der Waals surface area contributed by atoms with Crippen molar-refractivity contribution in [2.24, 2.45) is 0 Å². The van der Waals surface area contributed by atoms with E-state index in [4.69, 9.17) is 0 Å². The molecule has 6 rings (SSSR count). The van der Waals surface area contributed by atoms with Crippen molar-refractivity contribution in [3.05, 3.63) is 158 Å². The van der Waals surface area contributed by atoms with E-state index in [1.165, 1.54) is 0 Å². The smallest absolute Gasteiger partial charge is 0.171 e. The van der Waals surface area contributed by atoms with Crippen LogP contribution in [0.4, 0.5) is 0 Å². The van der Waals surface area contributed by atoms with E-state index in [-0.39, 0.29) is 0 Å². The summed E-state index contributed by atoms with van der Waals surface area (Å²) >= 11 is 0. The number of rotatable bonds is 7. The van der Waals surface area contributed by atoms with Gasteiger partial charge in [-0.1, -0.05) is 127 Å². The van der Waals surface area contributed by atoms with Gasteiger partial charge in [-0.2, -0.15) is 0 Å². The SMILES string of the molecule is O=P(c1ccccc1)(c1ccccc1)c1ccc(P(=O)(c2ccccc2)c2ccccc2)c(-c2ncccn2)c1. The molecular weight excluding hydrogens is 530 g/mol. The minimum absolute atomic E-state index is 0.430. The molecule has 0 radical (unpaired) electrons. The third kappa shape index (κ3) is 4.56. The predicted molar refractivity (Wildman–Crippen MR) is 166 cm³/mol. The van der Waals surface area contributed by atoms with E-state index in [0.29, 0.717) is 32.6 Å². The van der Waals surface area contributed by atoms with Crippen LogP contribution in [0.5, 0.6) is 0 Å². The van der Waals surface area contributed by atoms with Crippen molar-refractivity contribution in [2.75, 3.05) is 0 Å². The zero-order chi connectivity index (χ0) is 27.4. The normalized spacial score (nSPS) is 11.7. The number of benzene rings is 5. The molecular formula is C34H26N2O2P2. The molecule has 1 heterocycles. The molecule has 6 aromatic rings. The zero-order valence-corrected chi connectivity index (χ0v) is 23.4. The predicted octanol–water partition coefficient (Wildman–Crippen LogP) is 5.42. The third-order valence-corrected chi connectivity index (χ3v) is 13.1. The molecule has 194 valence electrons. The maximum absolute atomic E-state index is 15.4. The second-order valence-electron chi connectivity index (χ2n) is 9.33. The molecule has 0 saturated carbocycles. The van der Waals surface area contributed by atoms with Gasteiger partial charge in [0.1, 0.15) is 0 Å². The first kappa shape index (κ1) is 25.9. The number of hydrogen-bond acceptors (Lipinski definition) is 4. The standard InChI is InChI=1S/C34H26N2O2P2/c37-39(27-14-5-1-6-15-27,28-16-7-2-8-17-28)31-22-23-33(32(26-31)34-35-24-13-25-36-34)40(38,29-18-9-3-10-19-29)30-20-11-4-12-21-30/h1-26H.